The summed E-state index contributed by atoms with van der Waals surface area (Å²) in [5.74, 6) is -3.88. The second-order valence-corrected chi connectivity index (χ2v) is 4.42. The smallest absolute Gasteiger partial charge is 0.305 e. The number of hydrogen-bond donors (Lipinski definition) is 1. The summed E-state index contributed by atoms with van der Waals surface area (Å²) in [4.78, 5) is 24.1. The molecule has 2 rings (SSSR count). The van der Waals surface area contributed by atoms with Crippen molar-refractivity contribution in [3.8, 4) is 0 Å². The van der Waals surface area contributed by atoms with Gasteiger partial charge in [0.15, 0.2) is 0 Å². The van der Waals surface area contributed by atoms with E-state index in [1.165, 1.54) is 0 Å². The van der Waals surface area contributed by atoms with Crippen molar-refractivity contribution in [2.24, 2.45) is 0 Å². The molecule has 1 atom stereocenters. The predicted molar refractivity (Wildman–Crippen MR) is 64.3 cm³/mol. The number of ether oxygens (including phenoxy) is 1. The molecule has 1 heterocycles. The molecule has 1 N–H and O–H groups in total. The van der Waals surface area contributed by atoms with E-state index in [1.807, 2.05) is 0 Å². The Morgan fingerprint density at radius 2 is 2.00 bits per heavy atom. The Labute approximate surface area is 113 Å². The molecular formula is C13H13F2NO4. The largest absolute Gasteiger partial charge is 0.481 e. The monoisotopic (exact) mass is 285 g/mol. The topological polar surface area (TPSA) is 66.8 Å². The van der Waals surface area contributed by atoms with Crippen molar-refractivity contribution >= 4 is 11.9 Å². The van der Waals surface area contributed by atoms with Gasteiger partial charge in [0.05, 0.1) is 25.7 Å². The van der Waals surface area contributed by atoms with Gasteiger partial charge >= 0.3 is 5.97 Å². The summed E-state index contributed by atoms with van der Waals surface area (Å²) < 4.78 is 32.3. The Hall–Kier alpha value is -2.02. The van der Waals surface area contributed by atoms with Gasteiger partial charge in [-0.25, -0.2) is 8.78 Å². The van der Waals surface area contributed by atoms with Gasteiger partial charge in [0.2, 0.25) is 0 Å². The summed E-state index contributed by atoms with van der Waals surface area (Å²) in [6.07, 6.45) is -0.332. The lowest BCUT2D eigenvalue weighted by Crippen LogP contribution is -2.50. The molecule has 1 amide bonds. The maximum absolute atomic E-state index is 13.6. The number of amides is 1. The van der Waals surface area contributed by atoms with Crippen LogP contribution < -0.4 is 0 Å². The number of benzene rings is 1. The lowest BCUT2D eigenvalue weighted by atomic mass is 10.1. The van der Waals surface area contributed by atoms with Crippen LogP contribution in [0, 0.1) is 11.6 Å². The van der Waals surface area contributed by atoms with Crippen LogP contribution in [0.2, 0.25) is 0 Å². The minimum Gasteiger partial charge on any atom is -0.481 e. The molecule has 0 aliphatic carbocycles. The second kappa shape index (κ2) is 5.96. The van der Waals surface area contributed by atoms with Gasteiger partial charge in [-0.15, -0.1) is 0 Å². The van der Waals surface area contributed by atoms with E-state index in [4.69, 9.17) is 9.84 Å². The van der Waals surface area contributed by atoms with E-state index in [0.717, 1.165) is 23.1 Å². The molecular weight excluding hydrogens is 272 g/mol. The molecule has 20 heavy (non-hydrogen) atoms. The van der Waals surface area contributed by atoms with Crippen molar-refractivity contribution < 1.29 is 28.2 Å². The summed E-state index contributed by atoms with van der Waals surface area (Å²) in [7, 11) is 0. The Bertz CT molecular complexity index is 515. The number of carboxylic acid groups (broad SMARTS) is 1. The van der Waals surface area contributed by atoms with E-state index in [1.54, 1.807) is 0 Å². The van der Waals surface area contributed by atoms with Crippen LogP contribution in [-0.4, -0.2) is 47.7 Å². The third-order valence-electron chi connectivity index (χ3n) is 3.08. The summed E-state index contributed by atoms with van der Waals surface area (Å²) >= 11 is 0. The molecule has 0 bridgehead atoms. The fraction of sp³-hybridized carbons (Fsp3) is 0.385. The van der Waals surface area contributed by atoms with Gasteiger partial charge in [-0.05, 0) is 12.1 Å². The van der Waals surface area contributed by atoms with Gasteiger partial charge in [0.1, 0.15) is 17.2 Å². The highest BCUT2D eigenvalue weighted by molar-refractivity contribution is 5.95. The third kappa shape index (κ3) is 2.93. The van der Waals surface area contributed by atoms with Gasteiger partial charge in [0.25, 0.3) is 5.91 Å². The first-order chi connectivity index (χ1) is 9.50. The number of hydrogen-bond acceptors (Lipinski definition) is 3. The molecule has 7 heteroatoms. The van der Waals surface area contributed by atoms with Gasteiger partial charge in [-0.2, -0.15) is 0 Å². The number of halogens is 2. The molecule has 0 saturated carbocycles. The number of carboxylic acids is 1. The zero-order valence-corrected chi connectivity index (χ0v) is 10.5. The number of carbonyl (C=O) groups is 2. The SMILES string of the molecule is O=C(O)CC1COCCN1C(=O)c1c(F)cccc1F. The highest BCUT2D eigenvalue weighted by Gasteiger charge is 2.32. The van der Waals surface area contributed by atoms with Crippen molar-refractivity contribution in [3.05, 3.63) is 35.4 Å². The van der Waals surface area contributed by atoms with Crippen LogP contribution in [0.1, 0.15) is 16.8 Å². The Kier molecular flexibility index (Phi) is 4.29. The maximum atomic E-state index is 13.6. The zero-order valence-electron chi connectivity index (χ0n) is 10.5. The molecule has 1 fully saturated rings. The number of aliphatic carboxylic acids is 1. The Morgan fingerprint density at radius 3 is 2.60 bits per heavy atom. The summed E-state index contributed by atoms with van der Waals surface area (Å²) in [6.45, 7) is 0.344. The molecule has 1 aromatic carbocycles. The van der Waals surface area contributed by atoms with E-state index in [2.05, 4.69) is 0 Å². The fourth-order valence-electron chi connectivity index (χ4n) is 2.14. The van der Waals surface area contributed by atoms with E-state index in [0.29, 0.717) is 0 Å². The first-order valence-corrected chi connectivity index (χ1v) is 6.05. The van der Waals surface area contributed by atoms with Crippen LogP contribution >= 0.6 is 0 Å². The Morgan fingerprint density at radius 1 is 1.35 bits per heavy atom. The van der Waals surface area contributed by atoms with Crippen molar-refractivity contribution in [1.29, 1.82) is 0 Å². The summed E-state index contributed by atoms with van der Waals surface area (Å²) in [5.41, 5.74) is -0.662. The minimum atomic E-state index is -1.10. The Balaban J connectivity index is 2.28. The molecule has 5 nitrogen and oxygen atoms in total. The van der Waals surface area contributed by atoms with Crippen molar-refractivity contribution in [2.45, 2.75) is 12.5 Å². The average Bonchev–Trinajstić information content (AvgIpc) is 2.38. The molecule has 1 aromatic rings. The van der Waals surface area contributed by atoms with E-state index >= 15 is 0 Å². The van der Waals surface area contributed by atoms with E-state index in [9.17, 15) is 18.4 Å². The second-order valence-electron chi connectivity index (χ2n) is 4.42. The molecule has 1 aliphatic rings. The molecule has 1 aliphatic heterocycles. The quantitative estimate of drug-likeness (QED) is 0.908. The average molecular weight is 285 g/mol. The van der Waals surface area contributed by atoms with Crippen molar-refractivity contribution in [1.82, 2.24) is 4.90 Å². The standard InChI is InChI=1S/C13H13F2NO4/c14-9-2-1-3-10(15)12(9)13(19)16-4-5-20-7-8(16)6-11(17)18/h1-3,8H,4-7H2,(H,17,18). The fourth-order valence-corrected chi connectivity index (χ4v) is 2.14. The lowest BCUT2D eigenvalue weighted by molar-refractivity contribution is -0.139. The van der Waals surface area contributed by atoms with Crippen LogP contribution in [0.3, 0.4) is 0 Å². The first kappa shape index (κ1) is 14.4. The van der Waals surface area contributed by atoms with Gasteiger partial charge < -0.3 is 14.7 Å². The molecule has 0 aromatic heterocycles. The number of rotatable bonds is 3. The lowest BCUT2D eigenvalue weighted by Gasteiger charge is -2.35. The molecule has 0 radical (unpaired) electrons. The van der Waals surface area contributed by atoms with Crippen molar-refractivity contribution in [3.63, 3.8) is 0 Å². The normalized spacial score (nSPS) is 18.9. The molecule has 108 valence electrons. The molecule has 0 spiro atoms. The summed E-state index contributed by atoms with van der Waals surface area (Å²) in [6, 6.07) is 2.41. The third-order valence-corrected chi connectivity index (χ3v) is 3.08. The van der Waals surface area contributed by atoms with Crippen molar-refractivity contribution in [2.75, 3.05) is 19.8 Å². The number of morpholine rings is 1. The number of nitrogens with zero attached hydrogens (tertiary/aromatic N) is 1. The minimum absolute atomic E-state index is 0.0358. The van der Waals surface area contributed by atoms with Gasteiger partial charge in [-0.3, -0.25) is 9.59 Å². The van der Waals surface area contributed by atoms with Crippen LogP contribution in [0.4, 0.5) is 8.78 Å². The molecule has 1 unspecified atom stereocenters. The van der Waals surface area contributed by atoms with Crippen LogP contribution in [0.15, 0.2) is 18.2 Å². The number of carbonyl (C=O) groups excluding carboxylic acids is 1. The van der Waals surface area contributed by atoms with Crippen LogP contribution in [0.25, 0.3) is 0 Å². The molecule has 1 saturated heterocycles. The first-order valence-electron chi connectivity index (χ1n) is 6.05. The van der Waals surface area contributed by atoms with Gasteiger partial charge in [-0.1, -0.05) is 6.07 Å². The maximum Gasteiger partial charge on any atom is 0.305 e. The van der Waals surface area contributed by atoms with E-state index < -0.39 is 35.1 Å². The highest BCUT2D eigenvalue weighted by atomic mass is 19.1. The van der Waals surface area contributed by atoms with Crippen LogP contribution in [-0.2, 0) is 9.53 Å². The summed E-state index contributed by atoms with van der Waals surface area (Å²) in [5, 5.41) is 8.80. The predicted octanol–water partition coefficient (Wildman–Crippen LogP) is 1.28. The zero-order chi connectivity index (χ0) is 14.7. The highest BCUT2D eigenvalue weighted by Crippen LogP contribution is 2.19. The van der Waals surface area contributed by atoms with Gasteiger partial charge in [0, 0.05) is 6.54 Å². The van der Waals surface area contributed by atoms with E-state index in [-0.39, 0.29) is 26.2 Å². The van der Waals surface area contributed by atoms with Crippen LogP contribution in [0.5, 0.6) is 0 Å².